The average molecular weight is 289 g/mol. The Labute approximate surface area is 116 Å². The molecule has 1 atom stereocenters. The first-order valence-electron chi connectivity index (χ1n) is 6.06. The van der Waals surface area contributed by atoms with Gasteiger partial charge in [0.15, 0.2) is 0 Å². The van der Waals surface area contributed by atoms with E-state index < -0.39 is 0 Å². The number of ether oxygens (including phenoxy) is 1. The van der Waals surface area contributed by atoms with Crippen LogP contribution in [0.25, 0.3) is 0 Å². The molecule has 1 fully saturated rings. The fourth-order valence-corrected chi connectivity index (χ4v) is 3.16. The number of hydrogen-bond acceptors (Lipinski definition) is 5. The van der Waals surface area contributed by atoms with Crippen LogP contribution in [-0.2, 0) is 16.1 Å². The normalized spacial score (nSPS) is 20.9. The molecule has 1 N–H and O–H groups in total. The van der Waals surface area contributed by atoms with E-state index in [-0.39, 0.29) is 12.0 Å². The van der Waals surface area contributed by atoms with E-state index in [1.807, 2.05) is 19.1 Å². The second kappa shape index (κ2) is 6.52. The number of carbonyl (C=O) groups excluding carboxylic acids is 1. The number of rotatable bonds is 4. The summed E-state index contributed by atoms with van der Waals surface area (Å²) in [6.07, 6.45) is 0. The van der Waals surface area contributed by atoms with Crippen LogP contribution in [0.1, 0.15) is 11.8 Å². The summed E-state index contributed by atoms with van der Waals surface area (Å²) in [4.78, 5) is 15.2. The van der Waals surface area contributed by atoms with E-state index in [0.29, 0.717) is 13.2 Å². The Bertz CT molecular complexity index is 411. The summed E-state index contributed by atoms with van der Waals surface area (Å²) in [6.45, 7) is 5.40. The van der Waals surface area contributed by atoms with Gasteiger partial charge in [-0.15, -0.1) is 11.3 Å². The Morgan fingerprint density at radius 3 is 3.17 bits per heavy atom. The van der Waals surface area contributed by atoms with Crippen molar-refractivity contribution in [2.45, 2.75) is 19.5 Å². The van der Waals surface area contributed by atoms with E-state index in [4.69, 9.17) is 16.3 Å². The van der Waals surface area contributed by atoms with Gasteiger partial charge in [-0.25, -0.2) is 0 Å². The zero-order valence-electron chi connectivity index (χ0n) is 10.3. The Morgan fingerprint density at radius 2 is 2.50 bits per heavy atom. The van der Waals surface area contributed by atoms with Crippen LogP contribution >= 0.6 is 22.9 Å². The Kier molecular flexibility index (Phi) is 5.00. The van der Waals surface area contributed by atoms with Crippen molar-refractivity contribution in [3.63, 3.8) is 0 Å². The number of thiophene rings is 1. The molecule has 0 spiro atoms. The fraction of sp³-hybridized carbons (Fsp3) is 0.583. The molecule has 2 heterocycles. The smallest absolute Gasteiger partial charge is 0.324 e. The Hall–Kier alpha value is -0.620. The number of piperazine rings is 1. The maximum absolute atomic E-state index is 11.9. The molecule has 1 unspecified atom stereocenters. The highest BCUT2D eigenvalue weighted by Crippen LogP contribution is 2.23. The second-order valence-corrected chi connectivity index (χ2v) is 5.95. The third kappa shape index (κ3) is 3.45. The van der Waals surface area contributed by atoms with Crippen molar-refractivity contribution in [2.75, 3.05) is 26.2 Å². The summed E-state index contributed by atoms with van der Waals surface area (Å²) in [5.41, 5.74) is 0. The zero-order valence-corrected chi connectivity index (χ0v) is 11.9. The molecule has 0 aromatic carbocycles. The van der Waals surface area contributed by atoms with Gasteiger partial charge < -0.3 is 10.1 Å². The van der Waals surface area contributed by atoms with Crippen molar-refractivity contribution in [1.82, 2.24) is 10.2 Å². The van der Waals surface area contributed by atoms with Crippen LogP contribution in [0.2, 0.25) is 4.34 Å². The number of hydrogen-bond donors (Lipinski definition) is 1. The third-order valence-corrected chi connectivity index (χ3v) is 4.12. The molecule has 1 aromatic heterocycles. The molecule has 6 heteroatoms. The Balaban J connectivity index is 2.01. The Morgan fingerprint density at radius 1 is 1.67 bits per heavy atom. The van der Waals surface area contributed by atoms with Crippen molar-refractivity contribution < 1.29 is 9.53 Å². The van der Waals surface area contributed by atoms with Crippen LogP contribution in [0, 0.1) is 0 Å². The van der Waals surface area contributed by atoms with Gasteiger partial charge in [-0.05, 0) is 19.1 Å². The maximum Gasteiger partial charge on any atom is 0.324 e. The third-order valence-electron chi connectivity index (χ3n) is 2.90. The average Bonchev–Trinajstić information content (AvgIpc) is 2.76. The van der Waals surface area contributed by atoms with E-state index in [0.717, 1.165) is 24.0 Å². The largest absolute Gasteiger partial charge is 0.465 e. The summed E-state index contributed by atoms with van der Waals surface area (Å²) < 4.78 is 5.90. The van der Waals surface area contributed by atoms with E-state index in [9.17, 15) is 4.79 Å². The maximum atomic E-state index is 11.9. The highest BCUT2D eigenvalue weighted by Gasteiger charge is 2.29. The predicted molar refractivity (Wildman–Crippen MR) is 73.0 cm³/mol. The summed E-state index contributed by atoms with van der Waals surface area (Å²) in [6, 6.07) is 3.71. The molecule has 4 nitrogen and oxygen atoms in total. The molecule has 18 heavy (non-hydrogen) atoms. The van der Waals surface area contributed by atoms with Crippen molar-refractivity contribution in [3.05, 3.63) is 21.3 Å². The minimum Gasteiger partial charge on any atom is -0.465 e. The first-order valence-corrected chi connectivity index (χ1v) is 7.25. The monoisotopic (exact) mass is 288 g/mol. The van der Waals surface area contributed by atoms with Crippen LogP contribution in [0.4, 0.5) is 0 Å². The molecule has 2 rings (SSSR count). The molecule has 0 radical (unpaired) electrons. The predicted octanol–water partition coefficient (Wildman–Crippen LogP) is 1.74. The fourth-order valence-electron chi connectivity index (χ4n) is 2.04. The molecule has 0 bridgehead atoms. The topological polar surface area (TPSA) is 41.6 Å². The van der Waals surface area contributed by atoms with Crippen LogP contribution in [-0.4, -0.2) is 43.2 Å². The van der Waals surface area contributed by atoms with Crippen molar-refractivity contribution in [3.8, 4) is 0 Å². The summed E-state index contributed by atoms with van der Waals surface area (Å²) >= 11 is 7.48. The van der Waals surface area contributed by atoms with Gasteiger partial charge in [0.2, 0.25) is 0 Å². The minimum absolute atomic E-state index is 0.146. The quantitative estimate of drug-likeness (QED) is 0.857. The lowest BCUT2D eigenvalue weighted by Gasteiger charge is -2.34. The molecular weight excluding hydrogens is 272 g/mol. The first-order chi connectivity index (χ1) is 8.70. The molecule has 1 aliphatic rings. The molecule has 0 saturated carbocycles. The molecule has 1 aliphatic heterocycles. The van der Waals surface area contributed by atoms with E-state index in [1.54, 1.807) is 11.3 Å². The van der Waals surface area contributed by atoms with Gasteiger partial charge in [-0.1, -0.05) is 11.6 Å². The minimum atomic E-state index is -0.195. The van der Waals surface area contributed by atoms with Crippen LogP contribution < -0.4 is 5.32 Å². The van der Waals surface area contributed by atoms with E-state index in [2.05, 4.69) is 10.2 Å². The lowest BCUT2D eigenvalue weighted by atomic mass is 10.2. The van der Waals surface area contributed by atoms with Gasteiger partial charge in [0, 0.05) is 31.1 Å². The highest BCUT2D eigenvalue weighted by atomic mass is 35.5. The summed E-state index contributed by atoms with van der Waals surface area (Å²) in [7, 11) is 0. The molecular formula is C12H17ClN2O2S. The van der Waals surface area contributed by atoms with E-state index in [1.165, 1.54) is 4.88 Å². The van der Waals surface area contributed by atoms with Gasteiger partial charge in [0.1, 0.15) is 6.04 Å². The van der Waals surface area contributed by atoms with Crippen molar-refractivity contribution >= 4 is 28.9 Å². The SMILES string of the molecule is CCOC(=O)C1CNCCN1Cc1ccc(Cl)s1. The number of nitrogens with zero attached hydrogens (tertiary/aromatic N) is 1. The first kappa shape index (κ1) is 13.8. The molecule has 1 saturated heterocycles. The number of halogens is 1. The van der Waals surface area contributed by atoms with Crippen molar-refractivity contribution in [2.24, 2.45) is 0 Å². The molecule has 0 aliphatic carbocycles. The highest BCUT2D eigenvalue weighted by molar-refractivity contribution is 7.16. The van der Waals surface area contributed by atoms with Crippen LogP contribution in [0.5, 0.6) is 0 Å². The van der Waals surface area contributed by atoms with Crippen LogP contribution in [0.15, 0.2) is 12.1 Å². The summed E-state index contributed by atoms with van der Waals surface area (Å²) in [5, 5.41) is 3.23. The molecule has 0 amide bonds. The van der Waals surface area contributed by atoms with Crippen LogP contribution in [0.3, 0.4) is 0 Å². The lowest BCUT2D eigenvalue weighted by molar-refractivity contribution is -0.150. The number of esters is 1. The second-order valence-electron chi connectivity index (χ2n) is 4.15. The molecule has 1 aromatic rings. The van der Waals surface area contributed by atoms with Gasteiger partial charge in [-0.2, -0.15) is 0 Å². The zero-order chi connectivity index (χ0) is 13.0. The van der Waals surface area contributed by atoms with Gasteiger partial charge in [0.05, 0.1) is 10.9 Å². The van der Waals surface area contributed by atoms with Crippen molar-refractivity contribution in [1.29, 1.82) is 0 Å². The van der Waals surface area contributed by atoms with Gasteiger partial charge >= 0.3 is 5.97 Å². The van der Waals surface area contributed by atoms with E-state index >= 15 is 0 Å². The number of nitrogens with one attached hydrogen (secondary N) is 1. The number of carbonyl (C=O) groups is 1. The molecule has 100 valence electrons. The lowest BCUT2D eigenvalue weighted by Crippen LogP contribution is -2.54. The van der Waals surface area contributed by atoms with Gasteiger partial charge in [0.25, 0.3) is 0 Å². The standard InChI is InChI=1S/C12H17ClN2O2S/c1-2-17-12(16)10-7-14-5-6-15(10)8-9-3-4-11(13)18-9/h3-4,10,14H,2,5-8H2,1H3. The van der Waals surface area contributed by atoms with Gasteiger partial charge in [-0.3, -0.25) is 9.69 Å². The summed E-state index contributed by atoms with van der Waals surface area (Å²) in [5.74, 6) is -0.146.